The topological polar surface area (TPSA) is 46.2 Å². The lowest BCUT2D eigenvalue weighted by molar-refractivity contribution is -0.284. The summed E-state index contributed by atoms with van der Waals surface area (Å²) in [5.41, 5.74) is -0.168. The molecule has 0 aliphatic heterocycles. The molecule has 0 rings (SSSR count). The summed E-state index contributed by atoms with van der Waals surface area (Å²) in [4.78, 5) is 0. The zero-order chi connectivity index (χ0) is 16.9. The molecule has 0 unspecified atom stereocenters. The second-order valence-electron chi connectivity index (χ2n) is 5.99. The van der Waals surface area contributed by atoms with E-state index in [2.05, 4.69) is 5.32 Å². The molecule has 0 aromatic rings. The van der Waals surface area contributed by atoms with Crippen LogP contribution in [0, 0.1) is 0 Å². The molecule has 0 spiro atoms. The molecule has 0 bridgehead atoms. The van der Waals surface area contributed by atoms with E-state index in [1.54, 1.807) is 0 Å². The molecule has 0 heterocycles. The van der Waals surface area contributed by atoms with Gasteiger partial charge in [0.15, 0.2) is 0 Å². The molecule has 1 N–H and O–H groups in total. The van der Waals surface area contributed by atoms with E-state index in [-0.39, 0.29) is 17.7 Å². The Labute approximate surface area is 122 Å². The molecule has 0 aliphatic rings. The Kier molecular flexibility index (Phi) is 7.06. The third kappa shape index (κ3) is 9.23. The molecule has 0 saturated carbocycles. The van der Waals surface area contributed by atoms with Crippen molar-refractivity contribution in [2.75, 3.05) is 18.1 Å². The molecule has 21 heavy (non-hydrogen) atoms. The first-order chi connectivity index (χ1) is 9.16. The van der Waals surface area contributed by atoms with Crippen LogP contribution in [0.25, 0.3) is 0 Å². The summed E-state index contributed by atoms with van der Waals surface area (Å²) in [5, 5.41) is 3.06. The first kappa shape index (κ1) is 20.6. The fourth-order valence-corrected chi connectivity index (χ4v) is 2.89. The Morgan fingerprint density at radius 1 is 0.905 bits per heavy atom. The number of halogens is 5. The Morgan fingerprint density at radius 3 is 1.81 bits per heavy atom. The van der Waals surface area contributed by atoms with Gasteiger partial charge in [0.05, 0.1) is 11.5 Å². The van der Waals surface area contributed by atoms with Gasteiger partial charge in [-0.15, -0.1) is 0 Å². The zero-order valence-electron chi connectivity index (χ0n) is 12.4. The quantitative estimate of drug-likeness (QED) is 0.546. The minimum absolute atomic E-state index is 0.168. The van der Waals surface area contributed by atoms with Gasteiger partial charge >= 0.3 is 12.1 Å². The Hall–Kier alpha value is -0.440. The van der Waals surface area contributed by atoms with E-state index in [0.717, 1.165) is 0 Å². The molecule has 0 fully saturated rings. The second kappa shape index (κ2) is 7.21. The molecule has 0 aromatic heterocycles. The van der Waals surface area contributed by atoms with Crippen LogP contribution in [0.4, 0.5) is 22.0 Å². The van der Waals surface area contributed by atoms with Gasteiger partial charge in [-0.1, -0.05) is 0 Å². The SMILES string of the molecule is CC(C)(C)NCCCS(=O)(=O)CCCC(F)(F)C(F)(F)F. The highest BCUT2D eigenvalue weighted by Crippen LogP contribution is 2.38. The van der Waals surface area contributed by atoms with Crippen LogP contribution in [0.3, 0.4) is 0 Å². The van der Waals surface area contributed by atoms with Gasteiger partial charge in [0.25, 0.3) is 0 Å². The maximum atomic E-state index is 12.6. The summed E-state index contributed by atoms with van der Waals surface area (Å²) < 4.78 is 84.0. The Morgan fingerprint density at radius 2 is 1.38 bits per heavy atom. The smallest absolute Gasteiger partial charge is 0.312 e. The van der Waals surface area contributed by atoms with Gasteiger partial charge in [-0.05, 0) is 40.2 Å². The number of hydrogen-bond donors (Lipinski definition) is 1. The van der Waals surface area contributed by atoms with Crippen molar-refractivity contribution in [2.24, 2.45) is 0 Å². The minimum Gasteiger partial charge on any atom is -0.312 e. The summed E-state index contributed by atoms with van der Waals surface area (Å²) in [7, 11) is -3.61. The van der Waals surface area contributed by atoms with Crippen LogP contribution in [0.15, 0.2) is 0 Å². The normalized spacial score (nSPS) is 14.5. The minimum atomic E-state index is -5.63. The summed E-state index contributed by atoms with van der Waals surface area (Å²) >= 11 is 0. The Bertz CT molecular complexity index is 412. The van der Waals surface area contributed by atoms with Crippen LogP contribution < -0.4 is 5.32 Å². The third-order valence-corrected chi connectivity index (χ3v) is 4.47. The summed E-state index contributed by atoms with van der Waals surface area (Å²) in [6.07, 6.45) is -7.56. The second-order valence-corrected chi connectivity index (χ2v) is 8.29. The van der Waals surface area contributed by atoms with Gasteiger partial charge in [0.2, 0.25) is 0 Å². The molecule has 0 amide bonds. The van der Waals surface area contributed by atoms with E-state index in [1.807, 2.05) is 20.8 Å². The highest BCUT2D eigenvalue weighted by atomic mass is 32.2. The largest absolute Gasteiger partial charge is 0.453 e. The average molecular weight is 339 g/mol. The van der Waals surface area contributed by atoms with Crippen molar-refractivity contribution in [3.63, 3.8) is 0 Å². The Balaban J connectivity index is 4.10. The third-order valence-electron chi connectivity index (χ3n) is 2.65. The van der Waals surface area contributed by atoms with E-state index < -0.39 is 40.5 Å². The highest BCUT2D eigenvalue weighted by Gasteiger charge is 2.56. The molecular weight excluding hydrogens is 317 g/mol. The fraction of sp³-hybridized carbons (Fsp3) is 1.00. The fourth-order valence-electron chi connectivity index (χ4n) is 1.51. The van der Waals surface area contributed by atoms with Crippen molar-refractivity contribution in [1.82, 2.24) is 5.32 Å². The number of alkyl halides is 5. The van der Waals surface area contributed by atoms with Gasteiger partial charge in [-0.3, -0.25) is 0 Å². The van der Waals surface area contributed by atoms with Crippen LogP contribution in [0.1, 0.15) is 40.0 Å². The highest BCUT2D eigenvalue weighted by molar-refractivity contribution is 7.91. The lowest BCUT2D eigenvalue weighted by Crippen LogP contribution is -2.37. The molecule has 128 valence electrons. The lowest BCUT2D eigenvalue weighted by atomic mass is 10.1. The molecule has 0 aromatic carbocycles. The van der Waals surface area contributed by atoms with Gasteiger partial charge in [0.1, 0.15) is 9.84 Å². The van der Waals surface area contributed by atoms with Gasteiger partial charge < -0.3 is 5.32 Å². The van der Waals surface area contributed by atoms with Crippen molar-refractivity contribution in [3.8, 4) is 0 Å². The summed E-state index contributed by atoms with van der Waals surface area (Å²) in [6, 6.07) is 0. The van der Waals surface area contributed by atoms with Crippen molar-refractivity contribution >= 4 is 9.84 Å². The monoisotopic (exact) mass is 339 g/mol. The molecular formula is C12H22F5NO2S. The van der Waals surface area contributed by atoms with Gasteiger partial charge in [-0.2, -0.15) is 22.0 Å². The molecule has 0 atom stereocenters. The van der Waals surface area contributed by atoms with Crippen molar-refractivity contribution < 1.29 is 30.4 Å². The van der Waals surface area contributed by atoms with E-state index >= 15 is 0 Å². The van der Waals surface area contributed by atoms with E-state index in [9.17, 15) is 30.4 Å². The molecule has 9 heteroatoms. The van der Waals surface area contributed by atoms with Crippen LogP contribution in [0.2, 0.25) is 0 Å². The molecule has 0 radical (unpaired) electrons. The van der Waals surface area contributed by atoms with Crippen molar-refractivity contribution in [3.05, 3.63) is 0 Å². The predicted molar refractivity (Wildman–Crippen MR) is 71.3 cm³/mol. The van der Waals surface area contributed by atoms with Gasteiger partial charge in [-0.25, -0.2) is 8.42 Å². The zero-order valence-corrected chi connectivity index (χ0v) is 13.2. The first-order valence-corrected chi connectivity index (χ1v) is 8.38. The lowest BCUT2D eigenvalue weighted by Gasteiger charge is -2.20. The van der Waals surface area contributed by atoms with E-state index in [0.29, 0.717) is 6.54 Å². The molecule has 0 aliphatic carbocycles. The van der Waals surface area contributed by atoms with Crippen LogP contribution in [-0.4, -0.2) is 44.1 Å². The number of rotatable bonds is 8. The maximum absolute atomic E-state index is 12.6. The number of sulfone groups is 1. The summed E-state index contributed by atoms with van der Waals surface area (Å²) in [5.74, 6) is -5.72. The molecule has 3 nitrogen and oxygen atoms in total. The average Bonchev–Trinajstić information content (AvgIpc) is 2.21. The van der Waals surface area contributed by atoms with Crippen LogP contribution in [-0.2, 0) is 9.84 Å². The summed E-state index contributed by atoms with van der Waals surface area (Å²) in [6.45, 7) is 6.14. The first-order valence-electron chi connectivity index (χ1n) is 6.56. The standard InChI is InChI=1S/C12H22F5NO2S/c1-10(2,3)18-7-5-9-21(19,20)8-4-6-11(13,14)12(15,16)17/h18H,4-9H2,1-3H3. The van der Waals surface area contributed by atoms with Gasteiger partial charge in [0, 0.05) is 12.0 Å². The van der Waals surface area contributed by atoms with E-state index in [1.165, 1.54) is 0 Å². The maximum Gasteiger partial charge on any atom is 0.453 e. The van der Waals surface area contributed by atoms with Crippen molar-refractivity contribution in [2.45, 2.75) is 57.7 Å². The van der Waals surface area contributed by atoms with E-state index in [4.69, 9.17) is 0 Å². The number of hydrogen-bond acceptors (Lipinski definition) is 3. The molecule has 0 saturated heterocycles. The predicted octanol–water partition coefficient (Wildman–Crippen LogP) is 3.16. The van der Waals surface area contributed by atoms with Crippen LogP contribution >= 0.6 is 0 Å². The van der Waals surface area contributed by atoms with Crippen LogP contribution in [0.5, 0.6) is 0 Å². The van der Waals surface area contributed by atoms with Crippen molar-refractivity contribution in [1.29, 1.82) is 0 Å². The number of nitrogens with one attached hydrogen (secondary N) is 1.